The van der Waals surface area contributed by atoms with Gasteiger partial charge >= 0.3 is 0 Å². The van der Waals surface area contributed by atoms with E-state index in [9.17, 15) is 10.1 Å². The molecule has 1 aliphatic rings. The molecule has 2 aromatic rings. The lowest BCUT2D eigenvalue weighted by Gasteiger charge is -2.27. The van der Waals surface area contributed by atoms with E-state index in [0.717, 1.165) is 36.9 Å². The lowest BCUT2D eigenvalue weighted by atomic mass is 9.94. The third-order valence-electron chi connectivity index (χ3n) is 4.52. The molecule has 0 spiro atoms. The summed E-state index contributed by atoms with van der Waals surface area (Å²) in [5.41, 5.74) is 3.26. The number of benzene rings is 1. The molecule has 1 aliphatic carbocycles. The van der Waals surface area contributed by atoms with Crippen LogP contribution in [0.25, 0.3) is 11.3 Å². The van der Waals surface area contributed by atoms with Gasteiger partial charge in [-0.2, -0.15) is 5.26 Å². The van der Waals surface area contributed by atoms with Crippen LogP contribution in [-0.4, -0.2) is 4.57 Å². The third-order valence-corrected chi connectivity index (χ3v) is 4.52. The van der Waals surface area contributed by atoms with Crippen molar-refractivity contribution in [1.82, 2.24) is 4.57 Å². The fourth-order valence-electron chi connectivity index (χ4n) is 3.30. The lowest BCUT2D eigenvalue weighted by Crippen LogP contribution is -2.29. The minimum Gasteiger partial charge on any atom is -0.304 e. The SMILES string of the molecule is Cc1ccc(-c2ccc(C#N)c(=O)n2C2CCCCC2)cc1. The number of nitrogens with zero attached hydrogens (tertiary/aromatic N) is 2. The van der Waals surface area contributed by atoms with Gasteiger partial charge < -0.3 is 4.57 Å². The maximum Gasteiger partial charge on any atom is 0.269 e. The van der Waals surface area contributed by atoms with Gasteiger partial charge in [-0.15, -0.1) is 0 Å². The van der Waals surface area contributed by atoms with E-state index in [4.69, 9.17) is 0 Å². The molecule has 0 aliphatic heterocycles. The van der Waals surface area contributed by atoms with Crippen molar-refractivity contribution in [3.63, 3.8) is 0 Å². The first kappa shape index (κ1) is 14.6. The number of aryl methyl sites for hydroxylation is 1. The van der Waals surface area contributed by atoms with Crippen molar-refractivity contribution in [2.24, 2.45) is 0 Å². The molecule has 0 atom stereocenters. The highest BCUT2D eigenvalue weighted by molar-refractivity contribution is 5.61. The van der Waals surface area contributed by atoms with E-state index in [1.54, 1.807) is 6.07 Å². The zero-order valence-electron chi connectivity index (χ0n) is 12.9. The van der Waals surface area contributed by atoms with Crippen molar-refractivity contribution in [3.8, 4) is 17.3 Å². The number of hydrogen-bond donors (Lipinski definition) is 0. The van der Waals surface area contributed by atoms with Crippen molar-refractivity contribution >= 4 is 0 Å². The van der Waals surface area contributed by atoms with Crippen LogP contribution in [0.3, 0.4) is 0 Å². The minimum absolute atomic E-state index is 0.146. The van der Waals surface area contributed by atoms with Gasteiger partial charge in [0.05, 0.1) is 5.69 Å². The molecule has 0 N–H and O–H groups in total. The fraction of sp³-hybridized carbons (Fsp3) is 0.368. The Bertz CT molecular complexity index is 760. The summed E-state index contributed by atoms with van der Waals surface area (Å²) in [6.45, 7) is 2.05. The summed E-state index contributed by atoms with van der Waals surface area (Å²) >= 11 is 0. The predicted octanol–water partition coefficient (Wildman–Crippen LogP) is 4.20. The standard InChI is InChI=1S/C19H20N2O/c1-14-7-9-15(10-8-14)18-12-11-16(13-20)19(22)21(18)17-5-3-2-4-6-17/h7-12,17H,2-6H2,1H3. The summed E-state index contributed by atoms with van der Waals surface area (Å²) in [4.78, 5) is 12.7. The van der Waals surface area contributed by atoms with Gasteiger partial charge in [0, 0.05) is 6.04 Å². The average molecular weight is 292 g/mol. The second-order valence-corrected chi connectivity index (χ2v) is 6.08. The van der Waals surface area contributed by atoms with Crippen molar-refractivity contribution in [3.05, 3.63) is 57.9 Å². The van der Waals surface area contributed by atoms with Gasteiger partial charge in [0.25, 0.3) is 5.56 Å². The molecule has 112 valence electrons. The summed E-state index contributed by atoms with van der Waals surface area (Å²) in [6.07, 6.45) is 5.59. The van der Waals surface area contributed by atoms with Crippen molar-refractivity contribution in [2.75, 3.05) is 0 Å². The smallest absolute Gasteiger partial charge is 0.269 e. The van der Waals surface area contributed by atoms with Crippen LogP contribution in [0.15, 0.2) is 41.2 Å². The first-order valence-corrected chi connectivity index (χ1v) is 7.93. The topological polar surface area (TPSA) is 45.8 Å². The van der Waals surface area contributed by atoms with Crippen molar-refractivity contribution < 1.29 is 0 Å². The molecular weight excluding hydrogens is 272 g/mol. The van der Waals surface area contributed by atoms with Crippen LogP contribution >= 0.6 is 0 Å². The van der Waals surface area contributed by atoms with Gasteiger partial charge in [-0.3, -0.25) is 4.79 Å². The summed E-state index contributed by atoms with van der Waals surface area (Å²) < 4.78 is 1.86. The maximum absolute atomic E-state index is 12.7. The van der Waals surface area contributed by atoms with Gasteiger partial charge in [-0.25, -0.2) is 0 Å². The number of aromatic nitrogens is 1. The number of hydrogen-bond acceptors (Lipinski definition) is 2. The van der Waals surface area contributed by atoms with E-state index >= 15 is 0 Å². The highest BCUT2D eigenvalue weighted by Gasteiger charge is 2.21. The van der Waals surface area contributed by atoms with E-state index in [1.165, 1.54) is 12.0 Å². The van der Waals surface area contributed by atoms with Gasteiger partial charge in [0.1, 0.15) is 11.6 Å². The van der Waals surface area contributed by atoms with Crippen LogP contribution in [0.2, 0.25) is 0 Å². The minimum atomic E-state index is -0.146. The molecule has 3 nitrogen and oxygen atoms in total. The number of nitriles is 1. The highest BCUT2D eigenvalue weighted by Crippen LogP contribution is 2.31. The Kier molecular flexibility index (Phi) is 4.11. The molecule has 1 fully saturated rings. The van der Waals surface area contributed by atoms with Crippen LogP contribution in [0.1, 0.15) is 49.3 Å². The predicted molar refractivity (Wildman–Crippen MR) is 87.7 cm³/mol. The van der Waals surface area contributed by atoms with E-state index in [0.29, 0.717) is 0 Å². The van der Waals surface area contributed by atoms with Gasteiger partial charge in [-0.05, 0) is 37.5 Å². The molecular formula is C19H20N2O. The van der Waals surface area contributed by atoms with Gasteiger partial charge in [-0.1, -0.05) is 49.1 Å². The van der Waals surface area contributed by atoms with Gasteiger partial charge in [0.15, 0.2) is 0 Å². The van der Waals surface area contributed by atoms with Crippen LogP contribution in [0.4, 0.5) is 0 Å². The molecule has 1 heterocycles. The highest BCUT2D eigenvalue weighted by atomic mass is 16.1. The zero-order chi connectivity index (χ0) is 15.5. The Hall–Kier alpha value is -2.34. The largest absolute Gasteiger partial charge is 0.304 e. The Morgan fingerprint density at radius 2 is 1.73 bits per heavy atom. The molecule has 1 aromatic carbocycles. The molecule has 0 bridgehead atoms. The molecule has 3 heteroatoms. The van der Waals surface area contributed by atoms with Crippen LogP contribution < -0.4 is 5.56 Å². The summed E-state index contributed by atoms with van der Waals surface area (Å²) in [5.74, 6) is 0. The Labute approximate surface area is 130 Å². The Balaban J connectivity index is 2.17. The second kappa shape index (κ2) is 6.19. The molecule has 1 aromatic heterocycles. The monoisotopic (exact) mass is 292 g/mol. The molecule has 0 radical (unpaired) electrons. The third kappa shape index (κ3) is 2.69. The van der Waals surface area contributed by atoms with Crippen LogP contribution in [0, 0.1) is 18.3 Å². The Morgan fingerprint density at radius 3 is 2.36 bits per heavy atom. The average Bonchev–Trinajstić information content (AvgIpc) is 2.56. The summed E-state index contributed by atoms with van der Waals surface area (Å²) in [7, 11) is 0. The van der Waals surface area contributed by atoms with E-state index in [2.05, 4.69) is 31.2 Å². The van der Waals surface area contributed by atoms with E-state index < -0.39 is 0 Å². The van der Waals surface area contributed by atoms with Crippen LogP contribution in [-0.2, 0) is 0 Å². The quantitative estimate of drug-likeness (QED) is 0.832. The molecule has 0 unspecified atom stereocenters. The van der Waals surface area contributed by atoms with E-state index in [1.807, 2.05) is 16.7 Å². The van der Waals surface area contributed by atoms with Crippen molar-refractivity contribution in [1.29, 1.82) is 5.26 Å². The van der Waals surface area contributed by atoms with Gasteiger partial charge in [0.2, 0.25) is 0 Å². The van der Waals surface area contributed by atoms with Crippen molar-refractivity contribution in [2.45, 2.75) is 45.1 Å². The summed E-state index contributed by atoms with van der Waals surface area (Å²) in [6, 6.07) is 14.0. The first-order chi connectivity index (χ1) is 10.7. The number of rotatable bonds is 2. The molecule has 3 rings (SSSR count). The molecule has 22 heavy (non-hydrogen) atoms. The first-order valence-electron chi connectivity index (χ1n) is 7.93. The zero-order valence-corrected chi connectivity index (χ0v) is 12.9. The van der Waals surface area contributed by atoms with E-state index in [-0.39, 0.29) is 17.2 Å². The molecule has 0 amide bonds. The Morgan fingerprint density at radius 1 is 1.05 bits per heavy atom. The lowest BCUT2D eigenvalue weighted by molar-refractivity contribution is 0.349. The normalized spacial score (nSPS) is 15.5. The number of pyridine rings is 1. The maximum atomic E-state index is 12.7. The fourth-order valence-corrected chi connectivity index (χ4v) is 3.30. The van der Waals surface area contributed by atoms with Crippen LogP contribution in [0.5, 0.6) is 0 Å². The summed E-state index contributed by atoms with van der Waals surface area (Å²) in [5, 5.41) is 9.18. The second-order valence-electron chi connectivity index (χ2n) is 6.08. The molecule has 1 saturated carbocycles. The molecule has 0 saturated heterocycles.